The van der Waals surface area contributed by atoms with Gasteiger partial charge in [0, 0.05) is 10.7 Å². The number of benzene rings is 2. The average molecular weight is 468 g/mol. The first-order valence-corrected chi connectivity index (χ1v) is 11.4. The molecule has 0 radical (unpaired) electrons. The van der Waals surface area contributed by atoms with Gasteiger partial charge in [-0.3, -0.25) is 0 Å². The molecule has 2 rings (SSSR count). The summed E-state index contributed by atoms with van der Waals surface area (Å²) in [5, 5.41) is 1.73. The fraction of sp³-hybridized carbons (Fsp3) is 0.455. The van der Waals surface area contributed by atoms with Crippen LogP contribution in [0.3, 0.4) is 0 Å². The molecule has 136 valence electrons. The third-order valence-corrected chi connectivity index (χ3v) is 5.92. The number of halogens is 2. The van der Waals surface area contributed by atoms with E-state index in [0.29, 0.717) is 5.92 Å². The highest BCUT2D eigenvalue weighted by atomic mass is 79.9. The van der Waals surface area contributed by atoms with Gasteiger partial charge in [0.25, 0.3) is 0 Å². The monoisotopic (exact) mass is 466 g/mol. The molecule has 1 unspecified atom stereocenters. The van der Waals surface area contributed by atoms with Crippen molar-refractivity contribution < 1.29 is 4.74 Å². The van der Waals surface area contributed by atoms with Gasteiger partial charge in [-0.1, -0.05) is 95.3 Å². The minimum absolute atomic E-state index is 0.662. The van der Waals surface area contributed by atoms with Crippen molar-refractivity contribution in [3.8, 4) is 16.9 Å². The molecule has 0 saturated heterocycles. The lowest BCUT2D eigenvalue weighted by molar-refractivity contribution is 0.233. The standard InChI is InChI=1S/C22H28Br2O/c1-3-5-6-17(4-2)16-25-21-11-9-19(10-12-21)22-13-18(14-23)7-8-20(22)15-24/h7-13,17H,3-6,14-16H2,1-2H3. The predicted octanol–water partition coefficient (Wildman–Crippen LogP) is 7.74. The van der Waals surface area contributed by atoms with Gasteiger partial charge in [0.1, 0.15) is 5.75 Å². The van der Waals surface area contributed by atoms with E-state index in [4.69, 9.17) is 4.74 Å². The van der Waals surface area contributed by atoms with Crippen molar-refractivity contribution in [3.05, 3.63) is 53.6 Å². The van der Waals surface area contributed by atoms with E-state index >= 15 is 0 Å². The summed E-state index contributed by atoms with van der Waals surface area (Å²) in [4.78, 5) is 0. The summed E-state index contributed by atoms with van der Waals surface area (Å²) in [7, 11) is 0. The minimum atomic E-state index is 0.662. The maximum absolute atomic E-state index is 6.03. The van der Waals surface area contributed by atoms with Gasteiger partial charge in [0.05, 0.1) is 6.61 Å². The van der Waals surface area contributed by atoms with Crippen molar-refractivity contribution in [1.29, 1.82) is 0 Å². The molecule has 1 atom stereocenters. The van der Waals surface area contributed by atoms with Crippen LogP contribution in [-0.2, 0) is 10.7 Å². The largest absolute Gasteiger partial charge is 0.493 e. The zero-order valence-corrected chi connectivity index (χ0v) is 18.4. The van der Waals surface area contributed by atoms with E-state index < -0.39 is 0 Å². The van der Waals surface area contributed by atoms with Crippen molar-refractivity contribution in [3.63, 3.8) is 0 Å². The molecule has 0 heterocycles. The normalized spacial score (nSPS) is 12.2. The van der Waals surface area contributed by atoms with Crippen molar-refractivity contribution in [2.24, 2.45) is 5.92 Å². The van der Waals surface area contributed by atoms with Crippen molar-refractivity contribution in [2.45, 2.75) is 50.2 Å². The van der Waals surface area contributed by atoms with Gasteiger partial charge in [0.15, 0.2) is 0 Å². The van der Waals surface area contributed by atoms with E-state index in [1.54, 1.807) is 0 Å². The molecule has 0 aliphatic carbocycles. The number of hydrogen-bond donors (Lipinski definition) is 0. The van der Waals surface area contributed by atoms with E-state index in [2.05, 4.69) is 88.2 Å². The maximum Gasteiger partial charge on any atom is 0.119 e. The second-order valence-corrected chi connectivity index (χ2v) is 7.63. The molecule has 0 bridgehead atoms. The zero-order valence-electron chi connectivity index (χ0n) is 15.2. The Labute approximate surface area is 169 Å². The number of alkyl halides is 2. The predicted molar refractivity (Wildman–Crippen MR) is 116 cm³/mol. The molecule has 2 aromatic carbocycles. The summed E-state index contributed by atoms with van der Waals surface area (Å²) in [5.41, 5.74) is 5.13. The summed E-state index contributed by atoms with van der Waals surface area (Å²) in [6.07, 6.45) is 5.00. The van der Waals surface area contributed by atoms with Crippen LogP contribution in [0.15, 0.2) is 42.5 Å². The molecule has 1 nitrogen and oxygen atoms in total. The zero-order chi connectivity index (χ0) is 18.1. The highest BCUT2D eigenvalue weighted by Crippen LogP contribution is 2.29. The molecule has 0 saturated carbocycles. The van der Waals surface area contributed by atoms with Gasteiger partial charge in [-0.15, -0.1) is 0 Å². The van der Waals surface area contributed by atoms with E-state index in [1.165, 1.54) is 47.9 Å². The van der Waals surface area contributed by atoms with E-state index in [-0.39, 0.29) is 0 Å². The first-order valence-electron chi connectivity index (χ1n) is 9.18. The molecule has 0 aliphatic heterocycles. The highest BCUT2D eigenvalue weighted by molar-refractivity contribution is 9.08. The van der Waals surface area contributed by atoms with Crippen LogP contribution in [0, 0.1) is 5.92 Å². The Kier molecular flexibility index (Phi) is 9.05. The van der Waals surface area contributed by atoms with E-state index in [1.807, 2.05) is 0 Å². The lowest BCUT2D eigenvalue weighted by Gasteiger charge is -2.16. The fourth-order valence-electron chi connectivity index (χ4n) is 2.93. The molecule has 0 N–H and O–H groups in total. The Bertz CT molecular complexity index is 637. The van der Waals surface area contributed by atoms with Crippen LogP contribution in [0.4, 0.5) is 0 Å². The molecule has 3 heteroatoms. The lowest BCUT2D eigenvalue weighted by atomic mass is 9.98. The summed E-state index contributed by atoms with van der Waals surface area (Å²) in [6.45, 7) is 5.32. The van der Waals surface area contributed by atoms with Crippen LogP contribution in [0.5, 0.6) is 5.75 Å². The molecule has 0 amide bonds. The highest BCUT2D eigenvalue weighted by Gasteiger charge is 2.09. The minimum Gasteiger partial charge on any atom is -0.493 e. The van der Waals surface area contributed by atoms with Gasteiger partial charge in [-0.25, -0.2) is 0 Å². The van der Waals surface area contributed by atoms with Gasteiger partial charge in [0.2, 0.25) is 0 Å². The van der Waals surface area contributed by atoms with Crippen molar-refractivity contribution in [2.75, 3.05) is 6.61 Å². The second kappa shape index (κ2) is 11.0. The Balaban J connectivity index is 2.07. The molecule has 0 aliphatic rings. The molecule has 25 heavy (non-hydrogen) atoms. The van der Waals surface area contributed by atoms with Gasteiger partial charge >= 0.3 is 0 Å². The molecule has 0 fully saturated rings. The van der Waals surface area contributed by atoms with Crippen LogP contribution in [0.2, 0.25) is 0 Å². The van der Waals surface area contributed by atoms with Gasteiger partial charge in [-0.05, 0) is 46.7 Å². The Hall–Kier alpha value is -0.800. The third-order valence-electron chi connectivity index (χ3n) is 4.67. The van der Waals surface area contributed by atoms with Crippen LogP contribution < -0.4 is 4.74 Å². The molecule has 0 spiro atoms. The number of rotatable bonds is 10. The maximum atomic E-state index is 6.03. The average Bonchev–Trinajstić information content (AvgIpc) is 2.68. The molecule has 2 aromatic rings. The second-order valence-electron chi connectivity index (χ2n) is 6.51. The topological polar surface area (TPSA) is 9.23 Å². The summed E-state index contributed by atoms with van der Waals surface area (Å²) >= 11 is 7.15. The first kappa shape index (κ1) is 20.5. The van der Waals surface area contributed by atoms with Crippen LogP contribution in [0.1, 0.15) is 50.7 Å². The van der Waals surface area contributed by atoms with Gasteiger partial charge < -0.3 is 4.74 Å². The molecular formula is C22H28Br2O. The number of hydrogen-bond acceptors (Lipinski definition) is 1. The summed E-state index contributed by atoms with van der Waals surface area (Å²) in [6, 6.07) is 15.2. The van der Waals surface area contributed by atoms with Crippen molar-refractivity contribution >= 4 is 31.9 Å². The fourth-order valence-corrected chi connectivity index (χ4v) is 3.77. The Morgan fingerprint density at radius 1 is 0.960 bits per heavy atom. The van der Waals surface area contributed by atoms with E-state index in [0.717, 1.165) is 23.0 Å². The third kappa shape index (κ3) is 6.14. The lowest BCUT2D eigenvalue weighted by Crippen LogP contribution is -2.11. The first-order chi connectivity index (χ1) is 12.2. The molecular weight excluding hydrogens is 440 g/mol. The summed E-state index contributed by atoms with van der Waals surface area (Å²) in [5.74, 6) is 1.63. The Morgan fingerprint density at radius 2 is 1.72 bits per heavy atom. The number of unbranched alkanes of at least 4 members (excludes halogenated alkanes) is 1. The SMILES string of the molecule is CCCCC(CC)COc1ccc(-c2cc(CBr)ccc2CBr)cc1. The summed E-state index contributed by atoms with van der Waals surface area (Å²) < 4.78 is 6.03. The van der Waals surface area contributed by atoms with E-state index in [9.17, 15) is 0 Å². The number of ether oxygens (including phenoxy) is 1. The van der Waals surface area contributed by atoms with Crippen molar-refractivity contribution in [1.82, 2.24) is 0 Å². The van der Waals surface area contributed by atoms with Crippen LogP contribution in [-0.4, -0.2) is 6.61 Å². The quantitative estimate of drug-likeness (QED) is 0.324. The van der Waals surface area contributed by atoms with Crippen LogP contribution >= 0.6 is 31.9 Å². The smallest absolute Gasteiger partial charge is 0.119 e. The van der Waals surface area contributed by atoms with Gasteiger partial charge in [-0.2, -0.15) is 0 Å². The molecule has 0 aromatic heterocycles. The Morgan fingerprint density at radius 3 is 2.32 bits per heavy atom. The van der Waals surface area contributed by atoms with Crippen LogP contribution in [0.25, 0.3) is 11.1 Å².